The molecule has 6 heteroatoms. The number of anilines is 1. The normalized spacial score (nSPS) is 12.5. The summed E-state index contributed by atoms with van der Waals surface area (Å²) in [7, 11) is 0. The zero-order chi connectivity index (χ0) is 14.8. The van der Waals surface area contributed by atoms with Crippen LogP contribution in [0, 0.1) is 5.82 Å². The van der Waals surface area contributed by atoms with E-state index in [9.17, 15) is 4.39 Å². The number of hydrogen-bond acceptors (Lipinski definition) is 4. The molecule has 3 aromatic rings. The third-order valence-corrected chi connectivity index (χ3v) is 4.23. The molecule has 1 heterocycles. The molecule has 0 saturated heterocycles. The lowest BCUT2D eigenvalue weighted by Crippen LogP contribution is -2.10. The third kappa shape index (κ3) is 2.84. The van der Waals surface area contributed by atoms with Crippen molar-refractivity contribution in [3.05, 3.63) is 52.8 Å². The van der Waals surface area contributed by atoms with Gasteiger partial charge in [0.1, 0.15) is 16.9 Å². The molecule has 1 N–H and O–H groups in total. The maximum absolute atomic E-state index is 13.1. The Balaban J connectivity index is 1.97. The van der Waals surface area contributed by atoms with Crippen molar-refractivity contribution in [2.24, 2.45) is 0 Å². The molecule has 1 unspecified atom stereocenters. The van der Waals surface area contributed by atoms with Crippen molar-refractivity contribution in [1.82, 2.24) is 8.75 Å². The van der Waals surface area contributed by atoms with Crippen LogP contribution in [0.4, 0.5) is 10.1 Å². The Hall–Kier alpha value is -1.72. The molecule has 1 aromatic heterocycles. The van der Waals surface area contributed by atoms with E-state index in [4.69, 9.17) is 11.6 Å². The van der Waals surface area contributed by atoms with Crippen LogP contribution in [0.2, 0.25) is 5.02 Å². The highest BCUT2D eigenvalue weighted by atomic mass is 35.5. The molecule has 1 atom stereocenters. The van der Waals surface area contributed by atoms with E-state index in [1.54, 1.807) is 12.1 Å². The molecule has 0 bridgehead atoms. The van der Waals surface area contributed by atoms with Crippen LogP contribution in [0.3, 0.4) is 0 Å². The largest absolute Gasteiger partial charge is 0.375 e. The Labute approximate surface area is 131 Å². The van der Waals surface area contributed by atoms with Crippen molar-refractivity contribution < 1.29 is 4.39 Å². The van der Waals surface area contributed by atoms with Crippen LogP contribution >= 0.6 is 23.3 Å². The van der Waals surface area contributed by atoms with Crippen molar-refractivity contribution in [2.45, 2.75) is 19.4 Å². The summed E-state index contributed by atoms with van der Waals surface area (Å²) >= 11 is 7.45. The fourth-order valence-electron chi connectivity index (χ4n) is 2.25. The lowest BCUT2D eigenvalue weighted by molar-refractivity contribution is 0.625. The molecule has 0 aliphatic carbocycles. The molecule has 0 radical (unpaired) electrons. The summed E-state index contributed by atoms with van der Waals surface area (Å²) in [6, 6.07) is 10.2. The smallest absolute Gasteiger partial charge is 0.129 e. The van der Waals surface area contributed by atoms with Gasteiger partial charge < -0.3 is 5.32 Å². The SMILES string of the molecule is CCC(Nc1c(Cl)ccc2nsnc12)c1ccc(F)cc1. The highest BCUT2D eigenvalue weighted by Gasteiger charge is 2.15. The molecular weight excluding hydrogens is 309 g/mol. The van der Waals surface area contributed by atoms with Crippen LogP contribution < -0.4 is 5.32 Å². The molecule has 3 rings (SSSR count). The molecule has 3 nitrogen and oxygen atoms in total. The predicted octanol–water partition coefficient (Wildman–Crippen LogP) is 5.05. The van der Waals surface area contributed by atoms with E-state index in [-0.39, 0.29) is 11.9 Å². The van der Waals surface area contributed by atoms with Crippen molar-refractivity contribution >= 4 is 40.0 Å². The summed E-state index contributed by atoms with van der Waals surface area (Å²) in [6.45, 7) is 2.06. The number of hydrogen-bond donors (Lipinski definition) is 1. The average molecular weight is 322 g/mol. The second kappa shape index (κ2) is 5.95. The summed E-state index contributed by atoms with van der Waals surface area (Å²) in [4.78, 5) is 0. The average Bonchev–Trinajstić information content (AvgIpc) is 2.96. The zero-order valence-electron chi connectivity index (χ0n) is 11.3. The molecule has 0 aliphatic heterocycles. The molecule has 0 spiro atoms. The van der Waals surface area contributed by atoms with Gasteiger partial charge in [-0.2, -0.15) is 8.75 Å². The maximum Gasteiger partial charge on any atom is 0.129 e. The molecule has 0 fully saturated rings. The fourth-order valence-corrected chi connectivity index (χ4v) is 3.00. The van der Waals surface area contributed by atoms with E-state index in [0.717, 1.165) is 40.4 Å². The Morgan fingerprint density at radius 1 is 1.19 bits per heavy atom. The van der Waals surface area contributed by atoms with Gasteiger partial charge in [0, 0.05) is 0 Å². The lowest BCUT2D eigenvalue weighted by Gasteiger charge is -2.19. The quantitative estimate of drug-likeness (QED) is 0.731. The van der Waals surface area contributed by atoms with Gasteiger partial charge in [-0.1, -0.05) is 30.7 Å². The maximum atomic E-state index is 13.1. The molecular formula is C15H13ClFN3S. The van der Waals surface area contributed by atoms with Gasteiger partial charge in [-0.15, -0.1) is 0 Å². The summed E-state index contributed by atoms with van der Waals surface area (Å²) < 4.78 is 21.6. The van der Waals surface area contributed by atoms with E-state index in [0.29, 0.717) is 5.02 Å². The van der Waals surface area contributed by atoms with Gasteiger partial charge in [0.25, 0.3) is 0 Å². The first-order valence-corrected chi connectivity index (χ1v) is 7.72. The summed E-state index contributed by atoms with van der Waals surface area (Å²) in [5.41, 5.74) is 3.38. The Morgan fingerprint density at radius 2 is 1.95 bits per heavy atom. The number of benzene rings is 2. The van der Waals surface area contributed by atoms with E-state index in [1.165, 1.54) is 12.1 Å². The lowest BCUT2D eigenvalue weighted by atomic mass is 10.0. The second-order valence-electron chi connectivity index (χ2n) is 4.71. The van der Waals surface area contributed by atoms with Gasteiger partial charge in [-0.3, -0.25) is 0 Å². The molecule has 108 valence electrons. The zero-order valence-corrected chi connectivity index (χ0v) is 12.9. The van der Waals surface area contributed by atoms with Gasteiger partial charge in [-0.05, 0) is 36.2 Å². The number of nitrogens with zero attached hydrogens (tertiary/aromatic N) is 2. The minimum Gasteiger partial charge on any atom is -0.375 e. The number of halogens is 2. The highest BCUT2D eigenvalue weighted by molar-refractivity contribution is 7.00. The monoisotopic (exact) mass is 321 g/mol. The minimum atomic E-state index is -0.238. The van der Waals surface area contributed by atoms with Crippen molar-refractivity contribution in [1.29, 1.82) is 0 Å². The van der Waals surface area contributed by atoms with E-state index in [1.807, 2.05) is 12.1 Å². The first-order valence-electron chi connectivity index (χ1n) is 6.62. The standard InChI is InChI=1S/C15H13ClFN3S/c1-2-12(9-3-5-10(17)6-4-9)18-14-11(16)7-8-13-15(14)20-21-19-13/h3-8,12,18H,2H2,1H3. The predicted molar refractivity (Wildman–Crippen MR) is 85.5 cm³/mol. The van der Waals surface area contributed by atoms with Crippen molar-refractivity contribution in [3.63, 3.8) is 0 Å². The number of fused-ring (bicyclic) bond motifs is 1. The van der Waals surface area contributed by atoms with Crippen molar-refractivity contribution in [3.8, 4) is 0 Å². The Bertz CT molecular complexity index is 757. The fraction of sp³-hybridized carbons (Fsp3) is 0.200. The molecule has 0 amide bonds. The van der Waals surface area contributed by atoms with Gasteiger partial charge in [-0.25, -0.2) is 4.39 Å². The van der Waals surface area contributed by atoms with E-state index >= 15 is 0 Å². The van der Waals surface area contributed by atoms with E-state index in [2.05, 4.69) is 21.0 Å². The van der Waals surface area contributed by atoms with Crippen LogP contribution in [0.1, 0.15) is 24.9 Å². The first kappa shape index (κ1) is 14.2. The number of rotatable bonds is 4. The number of aromatic nitrogens is 2. The topological polar surface area (TPSA) is 37.8 Å². The third-order valence-electron chi connectivity index (χ3n) is 3.38. The summed E-state index contributed by atoms with van der Waals surface area (Å²) in [5.74, 6) is -0.238. The Kier molecular flexibility index (Phi) is 4.03. The molecule has 21 heavy (non-hydrogen) atoms. The van der Waals surface area contributed by atoms with Crippen LogP contribution in [-0.2, 0) is 0 Å². The van der Waals surface area contributed by atoms with Crippen LogP contribution in [0.15, 0.2) is 36.4 Å². The van der Waals surface area contributed by atoms with Crippen LogP contribution in [0.25, 0.3) is 11.0 Å². The molecule has 0 saturated carbocycles. The molecule has 2 aromatic carbocycles. The highest BCUT2D eigenvalue weighted by Crippen LogP contribution is 2.33. The van der Waals surface area contributed by atoms with E-state index < -0.39 is 0 Å². The van der Waals surface area contributed by atoms with Gasteiger partial charge in [0.15, 0.2) is 0 Å². The first-order chi connectivity index (χ1) is 10.2. The minimum absolute atomic E-state index is 0.0374. The van der Waals surface area contributed by atoms with Crippen molar-refractivity contribution in [2.75, 3.05) is 5.32 Å². The van der Waals surface area contributed by atoms with Crippen LogP contribution in [0.5, 0.6) is 0 Å². The summed E-state index contributed by atoms with van der Waals surface area (Å²) in [6.07, 6.45) is 0.843. The second-order valence-corrected chi connectivity index (χ2v) is 5.65. The van der Waals surface area contributed by atoms with Gasteiger partial charge in [0.05, 0.1) is 28.5 Å². The molecule has 0 aliphatic rings. The van der Waals surface area contributed by atoms with Gasteiger partial charge >= 0.3 is 0 Å². The Morgan fingerprint density at radius 3 is 2.67 bits per heavy atom. The van der Waals surface area contributed by atoms with Gasteiger partial charge in [0.2, 0.25) is 0 Å². The van der Waals surface area contributed by atoms with Crippen LogP contribution in [-0.4, -0.2) is 8.75 Å². The number of nitrogens with one attached hydrogen (secondary N) is 1. The summed E-state index contributed by atoms with van der Waals surface area (Å²) in [5, 5.41) is 4.02.